The van der Waals surface area contributed by atoms with Crippen LogP contribution >= 0.6 is 0 Å². The molecule has 2 aromatic heterocycles. The highest BCUT2D eigenvalue weighted by Gasteiger charge is 2.34. The molecule has 0 saturated heterocycles. The van der Waals surface area contributed by atoms with Gasteiger partial charge in [0.2, 0.25) is 0 Å². The number of rotatable bonds is 5. The fourth-order valence-corrected chi connectivity index (χ4v) is 4.91. The summed E-state index contributed by atoms with van der Waals surface area (Å²) < 4.78 is 27.5. The first-order valence-corrected chi connectivity index (χ1v) is 11.2. The molecule has 5 rings (SSSR count). The van der Waals surface area contributed by atoms with Crippen LogP contribution in [-0.4, -0.2) is 41.6 Å². The molecule has 0 saturated carbocycles. The van der Waals surface area contributed by atoms with Crippen molar-refractivity contribution < 1.29 is 18.9 Å². The lowest BCUT2D eigenvalue weighted by Gasteiger charge is -2.29. The summed E-state index contributed by atoms with van der Waals surface area (Å²) in [7, 11) is 7.98. The van der Waals surface area contributed by atoms with Gasteiger partial charge >= 0.3 is 5.69 Å². The van der Waals surface area contributed by atoms with Gasteiger partial charge in [0.1, 0.15) is 23.4 Å². The van der Waals surface area contributed by atoms with Gasteiger partial charge in [-0.05, 0) is 48.0 Å². The van der Waals surface area contributed by atoms with Gasteiger partial charge in [0.05, 0.1) is 50.2 Å². The highest BCUT2D eigenvalue weighted by Crippen LogP contribution is 2.43. The van der Waals surface area contributed by atoms with Crippen LogP contribution in [0.15, 0.2) is 52.1 Å². The minimum Gasteiger partial charge on any atom is -0.497 e. The van der Waals surface area contributed by atoms with Gasteiger partial charge in [0, 0.05) is 26.2 Å². The third-order valence-corrected chi connectivity index (χ3v) is 6.64. The normalized spacial score (nSPS) is 15.2. The van der Waals surface area contributed by atoms with Crippen LogP contribution in [0.2, 0.25) is 0 Å². The molecule has 0 amide bonds. The number of aryl methyl sites for hydroxylation is 1. The van der Waals surface area contributed by atoms with E-state index in [0.717, 1.165) is 27.1 Å². The van der Waals surface area contributed by atoms with Crippen LogP contribution in [0.4, 0.5) is 0 Å². The number of benzene rings is 2. The number of hydrogen-bond donors (Lipinski definition) is 0. The zero-order valence-corrected chi connectivity index (χ0v) is 20.3. The Hall–Kier alpha value is -3.98. The first-order chi connectivity index (χ1) is 16.9. The smallest absolute Gasteiger partial charge is 0.331 e. The fourth-order valence-electron chi connectivity index (χ4n) is 4.91. The summed E-state index contributed by atoms with van der Waals surface area (Å²) in [6, 6.07) is 13.1. The number of methoxy groups -OCH3 is 3. The molecule has 182 valence electrons. The molecule has 1 atom stereocenters. The third kappa shape index (κ3) is 3.42. The lowest BCUT2D eigenvalue weighted by Crippen LogP contribution is -2.37. The maximum absolute atomic E-state index is 13.5. The van der Waals surface area contributed by atoms with Gasteiger partial charge in [-0.15, -0.1) is 0 Å². The first-order valence-electron chi connectivity index (χ1n) is 11.2. The van der Waals surface area contributed by atoms with Crippen molar-refractivity contribution >= 4 is 10.9 Å². The predicted octanol–water partition coefficient (Wildman–Crippen LogP) is 2.85. The van der Waals surface area contributed by atoms with E-state index in [9.17, 15) is 9.59 Å². The van der Waals surface area contributed by atoms with Crippen molar-refractivity contribution in [2.75, 3.05) is 27.9 Å². The zero-order chi connectivity index (χ0) is 24.9. The highest BCUT2D eigenvalue weighted by atomic mass is 16.5. The zero-order valence-electron chi connectivity index (χ0n) is 20.3. The van der Waals surface area contributed by atoms with E-state index in [-0.39, 0.29) is 5.56 Å². The molecule has 0 N–H and O–H groups in total. The van der Waals surface area contributed by atoms with Crippen LogP contribution < -0.4 is 25.5 Å². The molecule has 0 unspecified atom stereocenters. The molecular formula is C26H27N3O6. The largest absolute Gasteiger partial charge is 0.497 e. The molecule has 0 radical (unpaired) electrons. The minimum absolute atomic E-state index is 0.354. The second kappa shape index (κ2) is 8.66. The Morgan fingerprint density at radius 1 is 0.886 bits per heavy atom. The standard InChI is InChI=1S/C26H27N3O6/c1-27-22-20(25(30)28(2)26(27)31)21(15-6-8-16(32-3)9-7-15)29-12-13-35-24(23(22)29)18-14-17(33-4)10-11-19(18)34-5/h6-11,14,24H,12-13H2,1-5H3/t24-/m1/s1. The molecule has 0 spiro atoms. The Balaban J connectivity index is 1.90. The Labute approximate surface area is 201 Å². The second-order valence-electron chi connectivity index (χ2n) is 8.40. The molecule has 1 aliphatic rings. The maximum atomic E-state index is 13.5. The average molecular weight is 478 g/mol. The van der Waals surface area contributed by atoms with Crippen LogP contribution in [0.25, 0.3) is 22.2 Å². The highest BCUT2D eigenvalue weighted by molar-refractivity contribution is 5.96. The summed E-state index contributed by atoms with van der Waals surface area (Å²) in [4.78, 5) is 26.5. The molecule has 35 heavy (non-hydrogen) atoms. The quantitative estimate of drug-likeness (QED) is 0.440. The number of fused-ring (bicyclic) bond motifs is 3. The topological polar surface area (TPSA) is 85.9 Å². The van der Waals surface area contributed by atoms with Crippen molar-refractivity contribution in [1.82, 2.24) is 13.7 Å². The monoisotopic (exact) mass is 477 g/mol. The Bertz CT molecular complexity index is 1550. The molecule has 3 heterocycles. The van der Waals surface area contributed by atoms with Crippen molar-refractivity contribution in [3.05, 3.63) is 74.6 Å². The van der Waals surface area contributed by atoms with Gasteiger partial charge < -0.3 is 23.5 Å². The van der Waals surface area contributed by atoms with Gasteiger partial charge in [-0.2, -0.15) is 0 Å². The van der Waals surface area contributed by atoms with Gasteiger partial charge in [-0.1, -0.05) is 0 Å². The molecular weight excluding hydrogens is 450 g/mol. The lowest BCUT2D eigenvalue weighted by atomic mass is 10.0. The van der Waals surface area contributed by atoms with Crippen molar-refractivity contribution in [1.29, 1.82) is 0 Å². The molecule has 2 aromatic carbocycles. The van der Waals surface area contributed by atoms with E-state index >= 15 is 0 Å². The molecule has 9 heteroatoms. The van der Waals surface area contributed by atoms with Gasteiger partial charge in [-0.25, -0.2) is 4.79 Å². The Kier molecular flexibility index (Phi) is 5.64. The van der Waals surface area contributed by atoms with Gasteiger partial charge in [0.25, 0.3) is 5.56 Å². The molecule has 0 bridgehead atoms. The Morgan fingerprint density at radius 2 is 1.57 bits per heavy atom. The van der Waals surface area contributed by atoms with Crippen LogP contribution in [0.1, 0.15) is 17.4 Å². The Morgan fingerprint density at radius 3 is 2.23 bits per heavy atom. The molecule has 0 aliphatic carbocycles. The van der Waals surface area contributed by atoms with Crippen molar-refractivity contribution in [3.63, 3.8) is 0 Å². The van der Waals surface area contributed by atoms with Gasteiger partial charge in [-0.3, -0.25) is 13.9 Å². The van der Waals surface area contributed by atoms with Crippen molar-refractivity contribution in [3.8, 4) is 28.5 Å². The van der Waals surface area contributed by atoms with Crippen molar-refractivity contribution in [2.24, 2.45) is 14.1 Å². The number of nitrogens with zero attached hydrogens (tertiary/aromatic N) is 3. The summed E-state index contributed by atoms with van der Waals surface area (Å²) in [5, 5.41) is 0.465. The number of hydrogen-bond acceptors (Lipinski definition) is 6. The maximum Gasteiger partial charge on any atom is 0.331 e. The van der Waals surface area contributed by atoms with Crippen molar-refractivity contribution in [2.45, 2.75) is 12.6 Å². The SMILES string of the molecule is COc1ccc(-c2c3c(=O)n(C)c(=O)n(C)c3c3n2CCO[C@@H]3c2cc(OC)ccc2OC)cc1. The van der Waals surface area contributed by atoms with E-state index in [1.165, 1.54) is 11.6 Å². The molecule has 4 aromatic rings. The van der Waals surface area contributed by atoms with E-state index in [1.54, 1.807) is 28.4 Å². The summed E-state index contributed by atoms with van der Waals surface area (Å²) in [6.45, 7) is 0.932. The van der Waals surface area contributed by atoms with E-state index in [0.29, 0.717) is 41.3 Å². The molecule has 0 fully saturated rings. The lowest BCUT2D eigenvalue weighted by molar-refractivity contribution is 0.0462. The van der Waals surface area contributed by atoms with Crippen LogP contribution in [0.3, 0.4) is 0 Å². The summed E-state index contributed by atoms with van der Waals surface area (Å²) in [5.74, 6) is 1.99. The average Bonchev–Trinajstić information content (AvgIpc) is 3.26. The van der Waals surface area contributed by atoms with E-state index in [2.05, 4.69) is 4.57 Å². The van der Waals surface area contributed by atoms with Crippen LogP contribution in [0.5, 0.6) is 17.2 Å². The summed E-state index contributed by atoms with van der Waals surface area (Å²) in [6.07, 6.45) is -0.582. The van der Waals surface area contributed by atoms with Crippen LogP contribution in [-0.2, 0) is 25.4 Å². The molecule has 9 nitrogen and oxygen atoms in total. The van der Waals surface area contributed by atoms with E-state index in [1.807, 2.05) is 42.5 Å². The third-order valence-electron chi connectivity index (χ3n) is 6.64. The minimum atomic E-state index is -0.582. The van der Waals surface area contributed by atoms with E-state index < -0.39 is 11.8 Å². The predicted molar refractivity (Wildman–Crippen MR) is 132 cm³/mol. The van der Waals surface area contributed by atoms with E-state index in [4.69, 9.17) is 18.9 Å². The second-order valence-corrected chi connectivity index (χ2v) is 8.40. The first kappa shape index (κ1) is 22.8. The summed E-state index contributed by atoms with van der Waals surface area (Å²) in [5.41, 5.74) is 2.84. The molecule has 1 aliphatic heterocycles. The number of ether oxygens (including phenoxy) is 4. The fraction of sp³-hybridized carbons (Fsp3) is 0.308. The van der Waals surface area contributed by atoms with Crippen LogP contribution in [0, 0.1) is 0 Å². The van der Waals surface area contributed by atoms with Gasteiger partial charge in [0.15, 0.2) is 0 Å². The summed E-state index contributed by atoms with van der Waals surface area (Å²) >= 11 is 0. The number of aromatic nitrogens is 3.